The lowest BCUT2D eigenvalue weighted by Crippen LogP contribution is -2.45. The highest BCUT2D eigenvalue weighted by atomic mass is 35.5. The van der Waals surface area contributed by atoms with Crippen LogP contribution in [0.3, 0.4) is 0 Å². The predicted molar refractivity (Wildman–Crippen MR) is 72.2 cm³/mol. The molecule has 1 aliphatic rings. The van der Waals surface area contributed by atoms with E-state index in [1.807, 2.05) is 6.92 Å². The fraction of sp³-hybridized carbons (Fsp3) is 0.545. The van der Waals surface area contributed by atoms with Crippen molar-refractivity contribution in [3.05, 3.63) is 23.9 Å². The van der Waals surface area contributed by atoms with Gasteiger partial charge in [-0.25, -0.2) is 13.4 Å². The summed E-state index contributed by atoms with van der Waals surface area (Å²) in [5.74, 6) is 0. The lowest BCUT2D eigenvalue weighted by atomic mass is 10.1. The van der Waals surface area contributed by atoms with Crippen LogP contribution in [0.25, 0.3) is 0 Å². The molecule has 2 rings (SSSR count). The SMILES string of the molecule is Cc1ccc(S(=O)(=O)N2CCCC(N)C2)nc1.Cl. The third kappa shape index (κ3) is 3.20. The quantitative estimate of drug-likeness (QED) is 0.879. The molecule has 1 fully saturated rings. The number of aromatic nitrogens is 1. The molecule has 1 aliphatic heterocycles. The van der Waals surface area contributed by atoms with E-state index in [-0.39, 0.29) is 23.5 Å². The van der Waals surface area contributed by atoms with Gasteiger partial charge in [0.15, 0.2) is 5.03 Å². The van der Waals surface area contributed by atoms with Gasteiger partial charge in [-0.05, 0) is 31.4 Å². The van der Waals surface area contributed by atoms with E-state index in [1.165, 1.54) is 4.31 Å². The Balaban J connectivity index is 0.00000162. The molecule has 1 atom stereocenters. The highest BCUT2D eigenvalue weighted by molar-refractivity contribution is 7.89. The Bertz CT molecular complexity index is 490. The molecule has 1 aromatic rings. The van der Waals surface area contributed by atoms with Gasteiger partial charge in [-0.1, -0.05) is 6.07 Å². The molecular weight excluding hydrogens is 274 g/mol. The minimum absolute atomic E-state index is 0. The van der Waals surface area contributed by atoms with Crippen LogP contribution >= 0.6 is 12.4 Å². The van der Waals surface area contributed by atoms with Gasteiger partial charge in [0.2, 0.25) is 0 Å². The summed E-state index contributed by atoms with van der Waals surface area (Å²) >= 11 is 0. The fourth-order valence-electron chi connectivity index (χ4n) is 1.93. The summed E-state index contributed by atoms with van der Waals surface area (Å²) < 4.78 is 25.9. The number of hydrogen-bond acceptors (Lipinski definition) is 4. The van der Waals surface area contributed by atoms with Gasteiger partial charge < -0.3 is 5.73 Å². The van der Waals surface area contributed by atoms with Crippen LogP contribution < -0.4 is 5.73 Å². The van der Waals surface area contributed by atoms with Gasteiger partial charge in [-0.3, -0.25) is 0 Å². The molecule has 1 aromatic heterocycles. The van der Waals surface area contributed by atoms with E-state index < -0.39 is 10.0 Å². The maximum absolute atomic E-state index is 12.3. The summed E-state index contributed by atoms with van der Waals surface area (Å²) in [4.78, 5) is 3.98. The lowest BCUT2D eigenvalue weighted by Gasteiger charge is -2.29. The Hall–Kier alpha value is -0.690. The number of nitrogens with zero attached hydrogens (tertiary/aromatic N) is 2. The number of halogens is 1. The van der Waals surface area contributed by atoms with Crippen LogP contribution in [0.4, 0.5) is 0 Å². The first-order valence-corrected chi connectivity index (χ1v) is 7.12. The van der Waals surface area contributed by atoms with Crippen molar-refractivity contribution in [3.63, 3.8) is 0 Å². The molecule has 0 bridgehead atoms. The van der Waals surface area contributed by atoms with Crippen LogP contribution in [0.1, 0.15) is 18.4 Å². The predicted octanol–water partition coefficient (Wildman–Crippen LogP) is 0.924. The first-order valence-electron chi connectivity index (χ1n) is 5.68. The maximum Gasteiger partial charge on any atom is 0.260 e. The van der Waals surface area contributed by atoms with E-state index >= 15 is 0 Å². The molecule has 0 spiro atoms. The van der Waals surface area contributed by atoms with Gasteiger partial charge >= 0.3 is 0 Å². The second-order valence-electron chi connectivity index (χ2n) is 4.44. The molecule has 5 nitrogen and oxygen atoms in total. The van der Waals surface area contributed by atoms with E-state index in [0.717, 1.165) is 18.4 Å². The average Bonchev–Trinajstić information content (AvgIpc) is 2.29. The second kappa shape index (κ2) is 5.97. The van der Waals surface area contributed by atoms with Crippen molar-refractivity contribution in [2.75, 3.05) is 13.1 Å². The van der Waals surface area contributed by atoms with Crippen LogP contribution in [0.5, 0.6) is 0 Å². The number of sulfonamides is 1. The molecule has 1 saturated heterocycles. The zero-order valence-electron chi connectivity index (χ0n) is 10.2. The normalized spacial score (nSPS) is 21.3. The standard InChI is InChI=1S/C11H17N3O2S.ClH/c1-9-4-5-11(13-7-9)17(15,16)14-6-2-3-10(12)8-14;/h4-5,7,10H,2-3,6,8,12H2,1H3;1H. The van der Waals surface area contributed by atoms with Crippen molar-refractivity contribution in [1.82, 2.24) is 9.29 Å². The molecule has 7 heteroatoms. The average molecular weight is 292 g/mol. The van der Waals surface area contributed by atoms with Gasteiger partial charge in [-0.15, -0.1) is 12.4 Å². The van der Waals surface area contributed by atoms with Crippen molar-refractivity contribution in [3.8, 4) is 0 Å². The number of nitrogens with two attached hydrogens (primary N) is 1. The van der Waals surface area contributed by atoms with E-state index in [9.17, 15) is 8.42 Å². The number of pyridine rings is 1. The molecule has 0 saturated carbocycles. The number of piperidine rings is 1. The highest BCUT2D eigenvalue weighted by Gasteiger charge is 2.29. The Kier molecular flexibility index (Phi) is 5.10. The number of aryl methyl sites for hydroxylation is 1. The molecule has 1 unspecified atom stereocenters. The molecule has 2 heterocycles. The van der Waals surface area contributed by atoms with Crippen LogP contribution in [0.2, 0.25) is 0 Å². The highest BCUT2D eigenvalue weighted by Crippen LogP contribution is 2.18. The number of rotatable bonds is 2. The van der Waals surface area contributed by atoms with Crippen LogP contribution in [0.15, 0.2) is 23.4 Å². The minimum Gasteiger partial charge on any atom is -0.327 e. The van der Waals surface area contributed by atoms with Crippen molar-refractivity contribution in [2.24, 2.45) is 5.73 Å². The van der Waals surface area contributed by atoms with E-state index in [0.29, 0.717) is 13.1 Å². The minimum atomic E-state index is -3.47. The molecule has 102 valence electrons. The third-order valence-corrected chi connectivity index (χ3v) is 4.69. The largest absolute Gasteiger partial charge is 0.327 e. The molecule has 18 heavy (non-hydrogen) atoms. The van der Waals surface area contributed by atoms with Gasteiger partial charge in [-0.2, -0.15) is 4.31 Å². The Morgan fingerprint density at radius 1 is 1.44 bits per heavy atom. The monoisotopic (exact) mass is 291 g/mol. The summed E-state index contributed by atoms with van der Waals surface area (Å²) in [7, 11) is -3.47. The topological polar surface area (TPSA) is 76.3 Å². The summed E-state index contributed by atoms with van der Waals surface area (Å²) in [6.45, 7) is 2.80. The van der Waals surface area contributed by atoms with Crippen LogP contribution in [-0.2, 0) is 10.0 Å². The third-order valence-electron chi connectivity index (χ3n) is 2.91. The maximum atomic E-state index is 12.3. The zero-order chi connectivity index (χ0) is 12.5. The summed E-state index contributed by atoms with van der Waals surface area (Å²) in [6.07, 6.45) is 3.26. The van der Waals surface area contributed by atoms with E-state index in [4.69, 9.17) is 5.73 Å². The lowest BCUT2D eigenvalue weighted by molar-refractivity contribution is 0.315. The van der Waals surface area contributed by atoms with E-state index in [2.05, 4.69) is 4.98 Å². The second-order valence-corrected chi connectivity index (χ2v) is 6.32. The molecule has 0 aliphatic carbocycles. The zero-order valence-corrected chi connectivity index (χ0v) is 11.9. The summed E-state index contributed by atoms with van der Waals surface area (Å²) in [5, 5.41) is 0.109. The van der Waals surface area contributed by atoms with Crippen molar-refractivity contribution < 1.29 is 8.42 Å². The van der Waals surface area contributed by atoms with Crippen LogP contribution in [0, 0.1) is 6.92 Å². The molecule has 0 radical (unpaired) electrons. The number of hydrogen-bond donors (Lipinski definition) is 1. The molecular formula is C11H18ClN3O2S. The first-order chi connectivity index (χ1) is 8.00. The molecule has 2 N–H and O–H groups in total. The van der Waals surface area contributed by atoms with Crippen molar-refractivity contribution in [1.29, 1.82) is 0 Å². The van der Waals surface area contributed by atoms with Gasteiger partial charge in [0.25, 0.3) is 10.0 Å². The fourth-order valence-corrected chi connectivity index (χ4v) is 3.38. The Morgan fingerprint density at radius 2 is 2.17 bits per heavy atom. The van der Waals surface area contributed by atoms with Gasteiger partial charge in [0, 0.05) is 25.3 Å². The smallest absolute Gasteiger partial charge is 0.260 e. The van der Waals surface area contributed by atoms with Crippen molar-refractivity contribution in [2.45, 2.75) is 30.8 Å². The van der Waals surface area contributed by atoms with Crippen molar-refractivity contribution >= 4 is 22.4 Å². The van der Waals surface area contributed by atoms with Crippen LogP contribution in [-0.4, -0.2) is 36.8 Å². The van der Waals surface area contributed by atoms with Gasteiger partial charge in [0.1, 0.15) is 0 Å². The Morgan fingerprint density at radius 3 is 2.72 bits per heavy atom. The van der Waals surface area contributed by atoms with Gasteiger partial charge in [0.05, 0.1) is 0 Å². The van der Waals surface area contributed by atoms with E-state index in [1.54, 1.807) is 18.3 Å². The Labute approximate surface area is 114 Å². The first kappa shape index (κ1) is 15.4. The summed E-state index contributed by atoms with van der Waals surface area (Å²) in [6, 6.07) is 3.23. The molecule has 0 aromatic carbocycles. The summed E-state index contributed by atoms with van der Waals surface area (Å²) in [5.41, 5.74) is 6.74. The molecule has 0 amide bonds.